The number of nitrogens with two attached hydrogens (primary N) is 1. The van der Waals surface area contributed by atoms with Crippen molar-refractivity contribution in [3.8, 4) is 17.1 Å². The Morgan fingerprint density at radius 3 is 2.83 bits per heavy atom. The molecule has 1 aromatic carbocycles. The van der Waals surface area contributed by atoms with Crippen LogP contribution in [0.3, 0.4) is 0 Å². The van der Waals surface area contributed by atoms with Crippen molar-refractivity contribution in [3.05, 3.63) is 103 Å². The molecule has 0 saturated heterocycles. The van der Waals surface area contributed by atoms with Gasteiger partial charge in [-0.15, -0.1) is 0 Å². The molecule has 0 fully saturated rings. The number of aromatic nitrogens is 5. The Balaban J connectivity index is 1.07. The van der Waals surface area contributed by atoms with Gasteiger partial charge in [-0.2, -0.15) is 0 Å². The number of ether oxygens (including phenoxy) is 1. The highest BCUT2D eigenvalue weighted by Crippen LogP contribution is 2.23. The lowest BCUT2D eigenvalue weighted by atomic mass is 10.1. The van der Waals surface area contributed by atoms with E-state index in [1.807, 2.05) is 47.1 Å². The Morgan fingerprint density at radius 1 is 1.07 bits per heavy atom. The number of allylic oxidation sites excluding steroid dienone is 1. The average Bonchev–Trinajstić information content (AvgIpc) is 3.66. The Labute approximate surface area is 238 Å². The van der Waals surface area contributed by atoms with Crippen LogP contribution in [0, 0.1) is 0 Å². The van der Waals surface area contributed by atoms with Crippen LogP contribution in [0.1, 0.15) is 16.8 Å². The summed E-state index contributed by atoms with van der Waals surface area (Å²) in [7, 11) is 1.73. The molecule has 5 aromatic rings. The zero-order valence-electron chi connectivity index (χ0n) is 23.0. The van der Waals surface area contributed by atoms with Crippen LogP contribution in [0.25, 0.3) is 22.6 Å². The highest BCUT2D eigenvalue weighted by atomic mass is 16.5. The maximum absolute atomic E-state index is 6.08. The fourth-order valence-electron chi connectivity index (χ4n) is 5.05. The lowest BCUT2D eigenvalue weighted by Gasteiger charge is -2.28. The molecule has 1 aliphatic heterocycles. The standard InChI is InChI=1S/C31H33N9O/c1-33-19-25(17-32)24-6-4-23(5-7-24)18-34-30-16-28(36-22-37-30)29-20-35-31-15-27(8-10-40(29)31)41-14-13-38-11-12-39-9-2-3-26(39)21-38/h2-10,15-17,19-20,22H,11-14,18,21,32H2,1H3,(H,34,36,37)/b25-17+,33-19?. The molecule has 41 heavy (non-hydrogen) atoms. The van der Waals surface area contributed by atoms with E-state index in [2.05, 4.69) is 65.2 Å². The third kappa shape index (κ3) is 5.97. The van der Waals surface area contributed by atoms with E-state index in [0.717, 1.165) is 71.5 Å². The molecule has 1 aliphatic rings. The van der Waals surface area contributed by atoms with Gasteiger partial charge in [0.15, 0.2) is 0 Å². The molecule has 0 amide bonds. The molecule has 0 saturated carbocycles. The third-order valence-electron chi connectivity index (χ3n) is 7.27. The van der Waals surface area contributed by atoms with Gasteiger partial charge in [-0.05, 0) is 29.3 Å². The minimum Gasteiger partial charge on any atom is -0.492 e. The van der Waals surface area contributed by atoms with E-state index in [1.165, 1.54) is 5.69 Å². The zero-order valence-corrected chi connectivity index (χ0v) is 23.0. The molecule has 6 rings (SSSR count). The molecule has 0 aliphatic carbocycles. The summed E-state index contributed by atoms with van der Waals surface area (Å²) >= 11 is 0. The van der Waals surface area contributed by atoms with Crippen molar-refractivity contribution in [2.24, 2.45) is 10.7 Å². The largest absolute Gasteiger partial charge is 0.492 e. The molecule has 3 N–H and O–H groups in total. The minimum absolute atomic E-state index is 0.623. The van der Waals surface area contributed by atoms with Crippen LogP contribution in [-0.2, 0) is 19.6 Å². The third-order valence-corrected chi connectivity index (χ3v) is 7.27. The van der Waals surface area contributed by atoms with Crippen molar-refractivity contribution < 1.29 is 4.74 Å². The summed E-state index contributed by atoms with van der Waals surface area (Å²) in [5, 5.41) is 3.39. The van der Waals surface area contributed by atoms with E-state index in [0.29, 0.717) is 13.2 Å². The van der Waals surface area contributed by atoms with Crippen LogP contribution in [0.5, 0.6) is 5.75 Å². The number of benzene rings is 1. The first-order chi connectivity index (χ1) is 20.2. The quantitative estimate of drug-likeness (QED) is 0.253. The number of hydrogen-bond donors (Lipinski definition) is 2. The van der Waals surface area contributed by atoms with Crippen molar-refractivity contribution in [3.63, 3.8) is 0 Å². The summed E-state index contributed by atoms with van der Waals surface area (Å²) < 4.78 is 10.4. The van der Waals surface area contributed by atoms with Gasteiger partial charge in [0, 0.05) is 88.0 Å². The molecule has 10 heteroatoms. The second-order valence-corrected chi connectivity index (χ2v) is 9.90. The fourth-order valence-corrected chi connectivity index (χ4v) is 5.05. The lowest BCUT2D eigenvalue weighted by Crippen LogP contribution is -2.35. The fraction of sp³-hybridized carbons (Fsp3) is 0.226. The number of hydrogen-bond acceptors (Lipinski definition) is 8. The Morgan fingerprint density at radius 2 is 1.98 bits per heavy atom. The average molecular weight is 548 g/mol. The van der Waals surface area contributed by atoms with Crippen molar-refractivity contribution >= 4 is 23.3 Å². The molecular formula is C31H33N9O. The first-order valence-corrected chi connectivity index (χ1v) is 13.7. The summed E-state index contributed by atoms with van der Waals surface area (Å²) in [6.45, 7) is 5.17. The first kappa shape index (κ1) is 26.3. The predicted octanol–water partition coefficient (Wildman–Crippen LogP) is 4.10. The highest BCUT2D eigenvalue weighted by molar-refractivity contribution is 6.09. The van der Waals surface area contributed by atoms with Crippen LogP contribution in [0.15, 0.2) is 90.7 Å². The van der Waals surface area contributed by atoms with Gasteiger partial charge in [0.25, 0.3) is 0 Å². The van der Waals surface area contributed by atoms with Crippen LogP contribution < -0.4 is 15.8 Å². The first-order valence-electron chi connectivity index (χ1n) is 13.7. The summed E-state index contributed by atoms with van der Waals surface area (Å²) in [6.07, 6.45) is 10.8. The van der Waals surface area contributed by atoms with Crippen LogP contribution in [0.4, 0.5) is 5.82 Å². The number of rotatable bonds is 10. The predicted molar refractivity (Wildman–Crippen MR) is 162 cm³/mol. The number of anilines is 1. The van der Waals surface area contributed by atoms with Gasteiger partial charge in [0.2, 0.25) is 0 Å². The van der Waals surface area contributed by atoms with E-state index < -0.39 is 0 Å². The van der Waals surface area contributed by atoms with Gasteiger partial charge in [-0.25, -0.2) is 15.0 Å². The van der Waals surface area contributed by atoms with E-state index >= 15 is 0 Å². The number of nitrogens with zero attached hydrogens (tertiary/aromatic N) is 7. The number of imidazole rings is 1. The van der Waals surface area contributed by atoms with Crippen LogP contribution in [0.2, 0.25) is 0 Å². The molecule has 5 heterocycles. The van der Waals surface area contributed by atoms with Crippen LogP contribution >= 0.6 is 0 Å². The molecule has 0 radical (unpaired) electrons. The van der Waals surface area contributed by atoms with E-state index in [1.54, 1.807) is 25.8 Å². The van der Waals surface area contributed by atoms with Gasteiger partial charge in [-0.1, -0.05) is 24.3 Å². The Bertz CT molecular complexity index is 1680. The molecule has 0 spiro atoms. The van der Waals surface area contributed by atoms with Gasteiger partial charge >= 0.3 is 0 Å². The second-order valence-electron chi connectivity index (χ2n) is 9.90. The van der Waals surface area contributed by atoms with E-state index in [9.17, 15) is 0 Å². The van der Waals surface area contributed by atoms with Gasteiger partial charge in [-0.3, -0.25) is 14.3 Å². The summed E-state index contributed by atoms with van der Waals surface area (Å²) in [5.41, 5.74) is 12.6. The van der Waals surface area contributed by atoms with Crippen molar-refractivity contribution in [1.82, 2.24) is 28.8 Å². The second kappa shape index (κ2) is 12.1. The molecule has 10 nitrogen and oxygen atoms in total. The maximum atomic E-state index is 6.08. The minimum atomic E-state index is 0.623. The van der Waals surface area contributed by atoms with E-state index in [-0.39, 0.29) is 0 Å². The number of aliphatic imine (C=N–C) groups is 1. The molecule has 0 bridgehead atoms. The normalized spacial score (nSPS) is 14.0. The maximum Gasteiger partial charge on any atom is 0.140 e. The summed E-state index contributed by atoms with van der Waals surface area (Å²) in [4.78, 5) is 20.0. The smallest absolute Gasteiger partial charge is 0.140 e. The SMILES string of the molecule is CN=C/C(=C\N)c1ccc(CNc2cc(-c3cnc4cc(OCCN5CCn6cccc6C5)ccn34)ncn2)cc1. The number of fused-ring (bicyclic) bond motifs is 2. The lowest BCUT2D eigenvalue weighted by molar-refractivity contribution is 0.177. The Hall–Kier alpha value is -4.96. The Kier molecular flexibility index (Phi) is 7.72. The molecule has 4 aromatic heterocycles. The van der Waals surface area contributed by atoms with Crippen molar-refractivity contribution in [2.75, 3.05) is 32.1 Å². The molecule has 208 valence electrons. The van der Waals surface area contributed by atoms with Gasteiger partial charge in [0.1, 0.15) is 30.1 Å². The number of pyridine rings is 1. The highest BCUT2D eigenvalue weighted by Gasteiger charge is 2.15. The zero-order chi connectivity index (χ0) is 28.0. The monoisotopic (exact) mass is 547 g/mol. The molecular weight excluding hydrogens is 514 g/mol. The molecule has 0 unspecified atom stereocenters. The number of nitrogens with one attached hydrogen (secondary N) is 1. The van der Waals surface area contributed by atoms with Crippen LogP contribution in [-0.4, -0.2) is 61.8 Å². The summed E-state index contributed by atoms with van der Waals surface area (Å²) in [5.74, 6) is 1.54. The van der Waals surface area contributed by atoms with Gasteiger partial charge < -0.3 is 20.4 Å². The van der Waals surface area contributed by atoms with Gasteiger partial charge in [0.05, 0.1) is 17.6 Å². The summed E-state index contributed by atoms with van der Waals surface area (Å²) in [6, 6.07) is 18.4. The van der Waals surface area contributed by atoms with Crippen molar-refractivity contribution in [2.45, 2.75) is 19.6 Å². The topological polar surface area (TPSA) is 111 Å². The molecule has 0 atom stereocenters. The van der Waals surface area contributed by atoms with Crippen molar-refractivity contribution in [1.29, 1.82) is 0 Å². The van der Waals surface area contributed by atoms with E-state index in [4.69, 9.17) is 10.5 Å².